The Morgan fingerprint density at radius 1 is 1.58 bits per heavy atom. The van der Waals surface area contributed by atoms with E-state index in [9.17, 15) is 4.79 Å². The smallest absolute Gasteiger partial charge is 0.239 e. The van der Waals surface area contributed by atoms with Gasteiger partial charge in [0.2, 0.25) is 5.91 Å². The summed E-state index contributed by atoms with van der Waals surface area (Å²) in [7, 11) is 1.87. The number of nitrogens with one attached hydrogen (secondary N) is 1. The Morgan fingerprint density at radius 2 is 2.25 bits per heavy atom. The number of carbonyl (C=O) groups is 1. The van der Waals surface area contributed by atoms with E-state index in [1.807, 2.05) is 25.8 Å². The van der Waals surface area contributed by atoms with Crippen molar-refractivity contribution in [3.05, 3.63) is 0 Å². The fourth-order valence-corrected chi connectivity index (χ4v) is 1.40. The number of carbonyl (C=O) groups excluding carboxylic acids is 1. The summed E-state index contributed by atoms with van der Waals surface area (Å²) in [4.78, 5) is 13.5. The van der Waals surface area contributed by atoms with E-state index >= 15 is 0 Å². The van der Waals surface area contributed by atoms with Gasteiger partial charge in [-0.2, -0.15) is 0 Å². The van der Waals surface area contributed by atoms with E-state index in [4.69, 9.17) is 0 Å². The number of amides is 1. The quantitative estimate of drug-likeness (QED) is 0.658. The van der Waals surface area contributed by atoms with Crippen LogP contribution in [0.1, 0.15) is 26.7 Å². The van der Waals surface area contributed by atoms with Crippen LogP contribution in [0.5, 0.6) is 0 Å². The van der Waals surface area contributed by atoms with Gasteiger partial charge in [0.25, 0.3) is 0 Å². The summed E-state index contributed by atoms with van der Waals surface area (Å²) in [5, 5.41) is 3.20. The van der Waals surface area contributed by atoms with Crippen LogP contribution in [0.25, 0.3) is 0 Å². The van der Waals surface area contributed by atoms with Gasteiger partial charge in [-0.25, -0.2) is 0 Å². The average Bonchev–Trinajstić information content (AvgIpc) is 2.53. The van der Waals surface area contributed by atoms with Crippen molar-refractivity contribution in [3.63, 3.8) is 0 Å². The molecule has 1 aliphatic heterocycles. The van der Waals surface area contributed by atoms with Crippen LogP contribution in [-0.4, -0.2) is 36.5 Å². The first-order valence-electron chi connectivity index (χ1n) is 4.63. The van der Waals surface area contributed by atoms with Crippen molar-refractivity contribution in [2.75, 3.05) is 13.6 Å². The minimum absolute atomic E-state index is 0.0809. The van der Waals surface area contributed by atoms with Gasteiger partial charge < -0.3 is 10.2 Å². The van der Waals surface area contributed by atoms with Crippen LogP contribution in [0.15, 0.2) is 0 Å². The third kappa shape index (κ3) is 1.97. The van der Waals surface area contributed by atoms with Gasteiger partial charge in [-0.05, 0) is 33.2 Å². The predicted octanol–water partition coefficient (Wildman–Crippen LogP) is 0.605. The van der Waals surface area contributed by atoms with Gasteiger partial charge >= 0.3 is 0 Å². The van der Waals surface area contributed by atoms with Gasteiger partial charge in [0.15, 0.2) is 0 Å². The third-order valence-electron chi connectivity index (χ3n) is 2.48. The average molecular weight is 170 g/mol. The maximum Gasteiger partial charge on any atom is 0.239 e. The summed E-state index contributed by atoms with van der Waals surface area (Å²) in [6.07, 6.45) is 2.12. The molecular weight excluding hydrogens is 152 g/mol. The van der Waals surface area contributed by atoms with Gasteiger partial charge in [0, 0.05) is 13.1 Å². The monoisotopic (exact) mass is 170 g/mol. The van der Waals surface area contributed by atoms with Gasteiger partial charge in [-0.1, -0.05) is 0 Å². The Kier molecular flexibility index (Phi) is 3.09. The largest absolute Gasteiger partial charge is 0.342 e. The Balaban J connectivity index is 2.45. The van der Waals surface area contributed by atoms with E-state index < -0.39 is 0 Å². The fraction of sp³-hybridized carbons (Fsp3) is 0.889. The first-order valence-corrected chi connectivity index (χ1v) is 4.63. The van der Waals surface area contributed by atoms with Crippen LogP contribution < -0.4 is 5.32 Å². The number of hydrogen-bond acceptors (Lipinski definition) is 2. The molecule has 3 nitrogen and oxygen atoms in total. The highest BCUT2D eigenvalue weighted by Gasteiger charge is 2.25. The van der Waals surface area contributed by atoms with Crippen LogP contribution in [0, 0.1) is 0 Å². The predicted molar refractivity (Wildman–Crippen MR) is 48.9 cm³/mol. The second kappa shape index (κ2) is 3.90. The van der Waals surface area contributed by atoms with E-state index in [-0.39, 0.29) is 11.9 Å². The minimum atomic E-state index is 0.0809. The highest BCUT2D eigenvalue weighted by molar-refractivity contribution is 5.82. The van der Waals surface area contributed by atoms with Crippen LogP contribution in [-0.2, 0) is 4.79 Å². The molecule has 1 unspecified atom stereocenters. The molecule has 1 rings (SSSR count). The molecule has 0 bridgehead atoms. The Hall–Kier alpha value is -0.570. The molecule has 1 N–H and O–H groups in total. The first-order chi connectivity index (χ1) is 5.63. The van der Waals surface area contributed by atoms with Crippen molar-refractivity contribution in [1.29, 1.82) is 0 Å². The minimum Gasteiger partial charge on any atom is -0.342 e. The summed E-state index contributed by atoms with van der Waals surface area (Å²) in [6, 6.07) is 0.386. The zero-order chi connectivity index (χ0) is 9.14. The number of nitrogens with zero attached hydrogens (tertiary/aromatic N) is 1. The highest BCUT2D eigenvalue weighted by Crippen LogP contribution is 2.08. The maximum absolute atomic E-state index is 11.7. The van der Waals surface area contributed by atoms with Crippen LogP contribution in [0.3, 0.4) is 0 Å². The standard InChI is InChI=1S/C9H18N2O/c1-7(2)11(3)9(12)8-5-4-6-10-8/h7-8,10H,4-6H2,1-3H3. The lowest BCUT2D eigenvalue weighted by Crippen LogP contribution is -2.44. The molecule has 0 spiro atoms. The van der Waals surface area contributed by atoms with Crippen LogP contribution in [0.2, 0.25) is 0 Å². The zero-order valence-corrected chi connectivity index (χ0v) is 8.13. The lowest BCUT2D eigenvalue weighted by molar-refractivity contribution is -0.133. The van der Waals surface area contributed by atoms with Crippen molar-refractivity contribution in [3.8, 4) is 0 Å². The van der Waals surface area contributed by atoms with Crippen molar-refractivity contribution in [2.24, 2.45) is 0 Å². The molecule has 1 amide bonds. The molecule has 0 radical (unpaired) electrons. The summed E-state index contributed by atoms with van der Waals surface area (Å²) in [5.41, 5.74) is 0. The molecule has 1 fully saturated rings. The lowest BCUT2D eigenvalue weighted by Gasteiger charge is -2.24. The summed E-state index contributed by atoms with van der Waals surface area (Å²) in [6.45, 7) is 5.06. The van der Waals surface area contributed by atoms with Gasteiger partial charge in [0.05, 0.1) is 6.04 Å². The molecule has 0 aromatic carbocycles. The molecule has 1 heterocycles. The Labute approximate surface area is 74.1 Å². The summed E-state index contributed by atoms with van der Waals surface area (Å²) < 4.78 is 0. The second-order valence-corrected chi connectivity index (χ2v) is 3.69. The SMILES string of the molecule is CC(C)N(C)C(=O)C1CCCN1. The molecule has 1 saturated heterocycles. The Morgan fingerprint density at radius 3 is 2.67 bits per heavy atom. The number of likely N-dealkylation sites (N-methyl/N-ethyl adjacent to an activating group) is 1. The molecule has 0 aliphatic carbocycles. The lowest BCUT2D eigenvalue weighted by atomic mass is 10.2. The molecule has 3 heteroatoms. The van der Waals surface area contributed by atoms with Gasteiger partial charge in [-0.15, -0.1) is 0 Å². The molecule has 1 atom stereocenters. The van der Waals surface area contributed by atoms with Crippen molar-refractivity contribution in [2.45, 2.75) is 38.8 Å². The number of rotatable bonds is 2. The van der Waals surface area contributed by atoms with Crippen LogP contribution >= 0.6 is 0 Å². The van der Waals surface area contributed by atoms with Crippen molar-refractivity contribution >= 4 is 5.91 Å². The molecule has 0 aromatic heterocycles. The van der Waals surface area contributed by atoms with Crippen LogP contribution in [0.4, 0.5) is 0 Å². The highest BCUT2D eigenvalue weighted by atomic mass is 16.2. The van der Waals surface area contributed by atoms with E-state index in [0.29, 0.717) is 6.04 Å². The number of hydrogen-bond donors (Lipinski definition) is 1. The van der Waals surface area contributed by atoms with E-state index in [1.54, 1.807) is 0 Å². The fourth-order valence-electron chi connectivity index (χ4n) is 1.40. The van der Waals surface area contributed by atoms with Crippen molar-refractivity contribution in [1.82, 2.24) is 10.2 Å². The van der Waals surface area contributed by atoms with E-state index in [1.165, 1.54) is 0 Å². The normalized spacial score (nSPS) is 23.2. The van der Waals surface area contributed by atoms with Gasteiger partial charge in [-0.3, -0.25) is 4.79 Å². The molecule has 0 saturated carbocycles. The molecular formula is C9H18N2O. The molecule has 12 heavy (non-hydrogen) atoms. The first kappa shape index (κ1) is 9.52. The summed E-state index contributed by atoms with van der Waals surface area (Å²) in [5.74, 6) is 0.238. The summed E-state index contributed by atoms with van der Waals surface area (Å²) >= 11 is 0. The third-order valence-corrected chi connectivity index (χ3v) is 2.48. The zero-order valence-electron chi connectivity index (χ0n) is 8.13. The maximum atomic E-state index is 11.7. The molecule has 1 aliphatic rings. The van der Waals surface area contributed by atoms with Crippen molar-refractivity contribution < 1.29 is 4.79 Å². The topological polar surface area (TPSA) is 32.3 Å². The Bertz CT molecular complexity index is 158. The second-order valence-electron chi connectivity index (χ2n) is 3.69. The van der Waals surface area contributed by atoms with E-state index in [2.05, 4.69) is 5.32 Å². The molecule has 70 valence electrons. The van der Waals surface area contributed by atoms with E-state index in [0.717, 1.165) is 19.4 Å². The van der Waals surface area contributed by atoms with Gasteiger partial charge in [0.1, 0.15) is 0 Å². The molecule has 0 aromatic rings.